The van der Waals surface area contributed by atoms with E-state index in [1.165, 1.54) is 6.07 Å². The maximum atomic E-state index is 13.7. The number of alkyl halides is 3. The molecule has 0 aliphatic rings. The van der Waals surface area contributed by atoms with Gasteiger partial charge in [-0.1, -0.05) is 18.2 Å². The van der Waals surface area contributed by atoms with Crippen molar-refractivity contribution in [3.8, 4) is 11.1 Å². The average molecular weight is 303 g/mol. The maximum absolute atomic E-state index is 13.7. The molecule has 0 amide bonds. The maximum Gasteiger partial charge on any atom is 0.417 e. The molecule has 2 aromatic carbocycles. The van der Waals surface area contributed by atoms with Gasteiger partial charge in [-0.3, -0.25) is 10.1 Å². The van der Waals surface area contributed by atoms with Crippen LogP contribution >= 0.6 is 0 Å². The van der Waals surface area contributed by atoms with Gasteiger partial charge in [-0.15, -0.1) is 0 Å². The summed E-state index contributed by atoms with van der Waals surface area (Å²) in [5.41, 5.74) is -3.53. The normalized spacial score (nSPS) is 11.5. The third-order valence-corrected chi connectivity index (χ3v) is 2.76. The average Bonchev–Trinajstić information content (AvgIpc) is 2.37. The predicted molar refractivity (Wildman–Crippen MR) is 63.5 cm³/mol. The first-order chi connectivity index (χ1) is 9.71. The van der Waals surface area contributed by atoms with Crippen molar-refractivity contribution in [2.24, 2.45) is 0 Å². The predicted octanol–water partition coefficient (Wildman–Crippen LogP) is 4.56. The molecule has 0 aliphatic carbocycles. The van der Waals surface area contributed by atoms with Crippen LogP contribution in [0.5, 0.6) is 0 Å². The van der Waals surface area contributed by atoms with Gasteiger partial charge in [0.15, 0.2) is 0 Å². The first-order valence-corrected chi connectivity index (χ1v) is 5.52. The Hall–Kier alpha value is -2.51. The highest BCUT2D eigenvalue weighted by molar-refractivity contribution is 5.71. The SMILES string of the molecule is O=[N+]([O-])c1cc(-c2ccccc2C(F)(F)F)c(F)cc1F. The van der Waals surface area contributed by atoms with Crippen LogP contribution in [0.4, 0.5) is 27.6 Å². The molecule has 0 saturated carbocycles. The second-order valence-electron chi connectivity index (χ2n) is 4.08. The molecule has 110 valence electrons. The highest BCUT2D eigenvalue weighted by atomic mass is 19.4. The van der Waals surface area contributed by atoms with Crippen LogP contribution in [-0.4, -0.2) is 4.92 Å². The van der Waals surface area contributed by atoms with Crippen LogP contribution in [0, 0.1) is 21.7 Å². The molecule has 0 atom stereocenters. The van der Waals surface area contributed by atoms with E-state index in [2.05, 4.69) is 0 Å². The Labute approximate surface area is 114 Å². The Morgan fingerprint density at radius 2 is 1.57 bits per heavy atom. The largest absolute Gasteiger partial charge is 0.417 e. The molecule has 0 saturated heterocycles. The molecule has 0 unspecified atom stereocenters. The standard InChI is InChI=1S/C13H6F5NO2/c14-10-6-11(15)12(19(20)21)5-8(10)7-3-1-2-4-9(7)13(16,17)18/h1-6H. The fraction of sp³-hybridized carbons (Fsp3) is 0.0769. The van der Waals surface area contributed by atoms with Gasteiger partial charge in [0.25, 0.3) is 0 Å². The van der Waals surface area contributed by atoms with E-state index in [1.54, 1.807) is 0 Å². The highest BCUT2D eigenvalue weighted by Crippen LogP contribution is 2.39. The van der Waals surface area contributed by atoms with Gasteiger partial charge < -0.3 is 0 Å². The molecule has 2 aromatic rings. The quantitative estimate of drug-likeness (QED) is 0.464. The molecule has 21 heavy (non-hydrogen) atoms. The Bertz CT molecular complexity index is 712. The molecule has 0 fully saturated rings. The van der Waals surface area contributed by atoms with E-state index in [-0.39, 0.29) is 6.07 Å². The lowest BCUT2D eigenvalue weighted by Crippen LogP contribution is -2.07. The number of nitro benzene ring substituents is 1. The topological polar surface area (TPSA) is 43.1 Å². The number of hydrogen-bond donors (Lipinski definition) is 0. The van der Waals surface area contributed by atoms with E-state index < -0.39 is 45.1 Å². The lowest BCUT2D eigenvalue weighted by atomic mass is 9.98. The third-order valence-electron chi connectivity index (χ3n) is 2.76. The molecule has 8 heteroatoms. The Balaban J connectivity index is 2.74. The zero-order valence-corrected chi connectivity index (χ0v) is 10.1. The van der Waals surface area contributed by atoms with Crippen LogP contribution in [0.2, 0.25) is 0 Å². The van der Waals surface area contributed by atoms with E-state index in [0.717, 1.165) is 12.1 Å². The monoisotopic (exact) mass is 303 g/mol. The smallest absolute Gasteiger partial charge is 0.258 e. The minimum Gasteiger partial charge on any atom is -0.258 e. The summed E-state index contributed by atoms with van der Waals surface area (Å²) in [6.45, 7) is 0. The molecule has 0 aliphatic heterocycles. The third kappa shape index (κ3) is 2.83. The minimum atomic E-state index is -4.77. The van der Waals surface area contributed by atoms with E-state index >= 15 is 0 Å². The number of halogens is 5. The van der Waals surface area contributed by atoms with Crippen molar-refractivity contribution in [3.05, 3.63) is 63.7 Å². The van der Waals surface area contributed by atoms with Crippen molar-refractivity contribution >= 4 is 5.69 Å². The summed E-state index contributed by atoms with van der Waals surface area (Å²) >= 11 is 0. The number of benzene rings is 2. The molecule has 2 rings (SSSR count). The highest BCUT2D eigenvalue weighted by Gasteiger charge is 2.34. The summed E-state index contributed by atoms with van der Waals surface area (Å²) in [4.78, 5) is 9.49. The summed E-state index contributed by atoms with van der Waals surface area (Å²) in [5.74, 6) is -2.76. The molecule has 0 heterocycles. The van der Waals surface area contributed by atoms with Crippen molar-refractivity contribution in [2.75, 3.05) is 0 Å². The van der Waals surface area contributed by atoms with Gasteiger partial charge in [0.1, 0.15) is 5.82 Å². The number of rotatable bonds is 2. The summed E-state index contributed by atoms with van der Waals surface area (Å²) in [6, 6.07) is 4.64. The van der Waals surface area contributed by atoms with E-state index in [4.69, 9.17) is 0 Å². The molecular formula is C13H6F5NO2. The van der Waals surface area contributed by atoms with Gasteiger partial charge >= 0.3 is 11.9 Å². The van der Waals surface area contributed by atoms with E-state index in [0.29, 0.717) is 12.1 Å². The van der Waals surface area contributed by atoms with Crippen LogP contribution in [0.25, 0.3) is 11.1 Å². The van der Waals surface area contributed by atoms with Crippen molar-refractivity contribution in [3.63, 3.8) is 0 Å². The van der Waals surface area contributed by atoms with E-state index in [9.17, 15) is 32.1 Å². The van der Waals surface area contributed by atoms with Crippen LogP contribution in [0.1, 0.15) is 5.56 Å². The molecule has 0 aromatic heterocycles. The summed E-state index contributed by atoms with van der Waals surface area (Å²) in [7, 11) is 0. The Morgan fingerprint density at radius 3 is 2.14 bits per heavy atom. The number of hydrogen-bond acceptors (Lipinski definition) is 2. The van der Waals surface area contributed by atoms with Crippen molar-refractivity contribution in [1.29, 1.82) is 0 Å². The molecule has 3 nitrogen and oxygen atoms in total. The van der Waals surface area contributed by atoms with Crippen LogP contribution in [0.15, 0.2) is 36.4 Å². The number of nitrogens with zero attached hydrogens (tertiary/aromatic N) is 1. The van der Waals surface area contributed by atoms with Gasteiger partial charge in [0.05, 0.1) is 10.5 Å². The van der Waals surface area contributed by atoms with Gasteiger partial charge in [-0.05, 0) is 11.6 Å². The van der Waals surface area contributed by atoms with E-state index in [1.807, 2.05) is 0 Å². The van der Waals surface area contributed by atoms with Gasteiger partial charge in [-0.2, -0.15) is 17.6 Å². The van der Waals surface area contributed by atoms with Gasteiger partial charge in [0, 0.05) is 17.7 Å². The summed E-state index contributed by atoms with van der Waals surface area (Å²) in [5, 5.41) is 10.6. The second-order valence-corrected chi connectivity index (χ2v) is 4.08. The second kappa shape index (κ2) is 5.12. The fourth-order valence-corrected chi connectivity index (χ4v) is 1.85. The van der Waals surface area contributed by atoms with Gasteiger partial charge in [0.2, 0.25) is 5.82 Å². The number of nitro groups is 1. The zero-order valence-electron chi connectivity index (χ0n) is 10.1. The summed E-state index contributed by atoms with van der Waals surface area (Å²) in [6.07, 6.45) is -4.77. The van der Waals surface area contributed by atoms with Crippen molar-refractivity contribution in [2.45, 2.75) is 6.18 Å². The summed E-state index contributed by atoms with van der Waals surface area (Å²) < 4.78 is 65.6. The fourth-order valence-electron chi connectivity index (χ4n) is 1.85. The molecule has 0 N–H and O–H groups in total. The first kappa shape index (κ1) is 14.9. The molecule has 0 radical (unpaired) electrons. The van der Waals surface area contributed by atoms with Crippen molar-refractivity contribution in [1.82, 2.24) is 0 Å². The van der Waals surface area contributed by atoms with Crippen LogP contribution < -0.4 is 0 Å². The van der Waals surface area contributed by atoms with Gasteiger partial charge in [-0.25, -0.2) is 4.39 Å². The lowest BCUT2D eigenvalue weighted by Gasteiger charge is -2.13. The molecular weight excluding hydrogens is 297 g/mol. The Morgan fingerprint density at radius 1 is 0.952 bits per heavy atom. The molecule has 0 bridgehead atoms. The van der Waals surface area contributed by atoms with Crippen LogP contribution in [0.3, 0.4) is 0 Å². The zero-order chi connectivity index (χ0) is 15.8. The Kier molecular flexibility index (Phi) is 3.63. The minimum absolute atomic E-state index is 0.195. The first-order valence-electron chi connectivity index (χ1n) is 5.52. The lowest BCUT2D eigenvalue weighted by molar-refractivity contribution is -0.387. The molecule has 0 spiro atoms. The van der Waals surface area contributed by atoms with Crippen molar-refractivity contribution < 1.29 is 26.9 Å². The van der Waals surface area contributed by atoms with Crippen LogP contribution in [-0.2, 0) is 6.18 Å².